The van der Waals surface area contributed by atoms with E-state index in [0.29, 0.717) is 0 Å². The van der Waals surface area contributed by atoms with Crippen LogP contribution < -0.4 is 5.32 Å². The monoisotopic (exact) mass is 292 g/mol. The van der Waals surface area contributed by atoms with Gasteiger partial charge < -0.3 is 15.3 Å². The Morgan fingerprint density at radius 1 is 1.10 bits per heavy atom. The molecule has 0 radical (unpaired) electrons. The topological polar surface area (TPSA) is 35.5 Å². The number of aliphatic hydroxyl groups excluding tert-OH is 1. The van der Waals surface area contributed by atoms with Crippen molar-refractivity contribution in [2.75, 3.05) is 32.7 Å². The van der Waals surface area contributed by atoms with Gasteiger partial charge in [0.1, 0.15) is 0 Å². The van der Waals surface area contributed by atoms with Crippen LogP contribution in [0.1, 0.15) is 49.5 Å². The van der Waals surface area contributed by atoms with Crippen molar-refractivity contribution in [1.29, 1.82) is 0 Å². The molecule has 3 heteroatoms. The molecule has 1 aromatic carbocycles. The van der Waals surface area contributed by atoms with Gasteiger partial charge in [0.15, 0.2) is 0 Å². The summed E-state index contributed by atoms with van der Waals surface area (Å²) in [7, 11) is 0. The van der Waals surface area contributed by atoms with Gasteiger partial charge in [-0.05, 0) is 76.1 Å². The molecular weight excluding hydrogens is 260 g/mol. The van der Waals surface area contributed by atoms with Crippen molar-refractivity contribution in [3.63, 3.8) is 0 Å². The SMILES string of the molecule is CCN(CC)CCCNCCC(O)c1ccc(C)c(C)c1. The van der Waals surface area contributed by atoms with Crippen molar-refractivity contribution < 1.29 is 5.11 Å². The van der Waals surface area contributed by atoms with Gasteiger partial charge in [-0.25, -0.2) is 0 Å². The van der Waals surface area contributed by atoms with Crippen molar-refractivity contribution in [3.05, 3.63) is 34.9 Å². The second-order valence-electron chi connectivity index (χ2n) is 5.78. The molecule has 1 atom stereocenters. The van der Waals surface area contributed by atoms with E-state index in [4.69, 9.17) is 0 Å². The molecule has 0 saturated heterocycles. The van der Waals surface area contributed by atoms with Crippen LogP contribution in [0.5, 0.6) is 0 Å². The lowest BCUT2D eigenvalue weighted by Gasteiger charge is -2.18. The lowest BCUT2D eigenvalue weighted by Crippen LogP contribution is -2.27. The molecule has 3 nitrogen and oxygen atoms in total. The van der Waals surface area contributed by atoms with E-state index >= 15 is 0 Å². The molecule has 0 heterocycles. The molecule has 0 spiro atoms. The Hall–Kier alpha value is -0.900. The van der Waals surface area contributed by atoms with E-state index in [1.165, 1.54) is 17.5 Å². The van der Waals surface area contributed by atoms with Crippen LogP contribution in [0.3, 0.4) is 0 Å². The maximum Gasteiger partial charge on any atom is 0.0802 e. The fourth-order valence-electron chi connectivity index (χ4n) is 2.47. The zero-order chi connectivity index (χ0) is 15.7. The van der Waals surface area contributed by atoms with Gasteiger partial charge in [-0.3, -0.25) is 0 Å². The third-order valence-electron chi connectivity index (χ3n) is 4.23. The number of benzene rings is 1. The molecular formula is C18H32N2O. The first-order valence-electron chi connectivity index (χ1n) is 8.26. The summed E-state index contributed by atoms with van der Waals surface area (Å²) in [4.78, 5) is 2.44. The molecule has 0 fully saturated rings. The first-order chi connectivity index (χ1) is 10.1. The van der Waals surface area contributed by atoms with Crippen LogP contribution in [0.15, 0.2) is 18.2 Å². The maximum absolute atomic E-state index is 10.2. The third kappa shape index (κ3) is 6.60. The van der Waals surface area contributed by atoms with E-state index in [0.717, 1.165) is 44.7 Å². The average molecular weight is 292 g/mol. The minimum absolute atomic E-state index is 0.361. The molecule has 0 aliphatic heterocycles. The van der Waals surface area contributed by atoms with E-state index in [9.17, 15) is 5.11 Å². The summed E-state index contributed by atoms with van der Waals surface area (Å²) in [6.07, 6.45) is 1.58. The highest BCUT2D eigenvalue weighted by molar-refractivity contribution is 5.31. The van der Waals surface area contributed by atoms with Crippen LogP contribution in [0.4, 0.5) is 0 Å². The predicted molar refractivity (Wildman–Crippen MR) is 90.8 cm³/mol. The molecule has 1 aromatic rings. The molecule has 1 rings (SSSR count). The van der Waals surface area contributed by atoms with Crippen molar-refractivity contribution >= 4 is 0 Å². The number of rotatable bonds is 10. The average Bonchev–Trinajstić information content (AvgIpc) is 2.49. The summed E-state index contributed by atoms with van der Waals surface area (Å²) in [5, 5.41) is 13.6. The maximum atomic E-state index is 10.2. The zero-order valence-corrected chi connectivity index (χ0v) is 14.2. The predicted octanol–water partition coefficient (Wildman–Crippen LogP) is 3.05. The molecule has 120 valence electrons. The number of hydrogen-bond acceptors (Lipinski definition) is 3. The molecule has 0 bridgehead atoms. The number of hydrogen-bond donors (Lipinski definition) is 2. The summed E-state index contributed by atoms with van der Waals surface area (Å²) in [5.41, 5.74) is 3.56. The highest BCUT2D eigenvalue weighted by atomic mass is 16.3. The van der Waals surface area contributed by atoms with Gasteiger partial charge in [0.2, 0.25) is 0 Å². The van der Waals surface area contributed by atoms with E-state index in [-0.39, 0.29) is 6.10 Å². The van der Waals surface area contributed by atoms with E-state index in [1.807, 2.05) is 6.07 Å². The molecule has 0 aromatic heterocycles. The van der Waals surface area contributed by atoms with Crippen molar-refractivity contribution in [2.45, 2.75) is 46.6 Å². The minimum Gasteiger partial charge on any atom is -0.388 e. The van der Waals surface area contributed by atoms with Crippen LogP contribution in [0.25, 0.3) is 0 Å². The summed E-state index contributed by atoms with van der Waals surface area (Å²) in [6, 6.07) is 6.22. The number of nitrogens with one attached hydrogen (secondary N) is 1. The summed E-state index contributed by atoms with van der Waals surface area (Å²) < 4.78 is 0. The molecule has 2 N–H and O–H groups in total. The van der Waals surface area contributed by atoms with Gasteiger partial charge in [0.25, 0.3) is 0 Å². The highest BCUT2D eigenvalue weighted by Crippen LogP contribution is 2.19. The Balaban J connectivity index is 2.18. The van der Waals surface area contributed by atoms with Gasteiger partial charge in [0.05, 0.1) is 6.10 Å². The standard InChI is InChI=1S/C18H32N2O/c1-5-20(6-2)13-7-11-19-12-10-18(21)17-9-8-15(3)16(4)14-17/h8-9,14,18-19,21H,5-7,10-13H2,1-4H3. The lowest BCUT2D eigenvalue weighted by atomic mass is 10.0. The molecule has 0 amide bonds. The molecule has 0 saturated carbocycles. The van der Waals surface area contributed by atoms with Gasteiger partial charge in [-0.15, -0.1) is 0 Å². The van der Waals surface area contributed by atoms with Crippen molar-refractivity contribution in [2.24, 2.45) is 0 Å². The number of aryl methyl sites for hydroxylation is 2. The second kappa shape index (κ2) is 9.93. The molecule has 1 unspecified atom stereocenters. The first-order valence-corrected chi connectivity index (χ1v) is 8.26. The van der Waals surface area contributed by atoms with Crippen LogP contribution in [-0.4, -0.2) is 42.7 Å². The van der Waals surface area contributed by atoms with Gasteiger partial charge >= 0.3 is 0 Å². The van der Waals surface area contributed by atoms with Crippen LogP contribution in [0.2, 0.25) is 0 Å². The molecule has 0 aliphatic carbocycles. The summed E-state index contributed by atoms with van der Waals surface area (Å²) in [5.74, 6) is 0. The number of nitrogens with zero attached hydrogens (tertiary/aromatic N) is 1. The van der Waals surface area contributed by atoms with Gasteiger partial charge in [0, 0.05) is 0 Å². The Bertz CT molecular complexity index is 402. The Morgan fingerprint density at radius 3 is 2.43 bits per heavy atom. The lowest BCUT2D eigenvalue weighted by molar-refractivity contribution is 0.166. The summed E-state index contributed by atoms with van der Waals surface area (Å²) >= 11 is 0. The smallest absolute Gasteiger partial charge is 0.0802 e. The Morgan fingerprint density at radius 2 is 1.81 bits per heavy atom. The normalized spacial score (nSPS) is 12.9. The fraction of sp³-hybridized carbons (Fsp3) is 0.667. The van der Waals surface area contributed by atoms with E-state index in [2.05, 4.69) is 50.0 Å². The van der Waals surface area contributed by atoms with Crippen LogP contribution in [0, 0.1) is 13.8 Å². The largest absolute Gasteiger partial charge is 0.388 e. The van der Waals surface area contributed by atoms with Gasteiger partial charge in [-0.2, -0.15) is 0 Å². The quantitative estimate of drug-likeness (QED) is 0.651. The second-order valence-corrected chi connectivity index (χ2v) is 5.78. The highest BCUT2D eigenvalue weighted by Gasteiger charge is 2.08. The zero-order valence-electron chi connectivity index (χ0n) is 14.2. The molecule has 21 heavy (non-hydrogen) atoms. The van der Waals surface area contributed by atoms with Crippen molar-refractivity contribution in [3.8, 4) is 0 Å². The summed E-state index contributed by atoms with van der Waals surface area (Å²) in [6.45, 7) is 13.9. The Labute approximate surface area is 130 Å². The van der Waals surface area contributed by atoms with Crippen LogP contribution in [-0.2, 0) is 0 Å². The molecule has 0 aliphatic rings. The van der Waals surface area contributed by atoms with Crippen molar-refractivity contribution in [1.82, 2.24) is 10.2 Å². The van der Waals surface area contributed by atoms with Crippen LogP contribution >= 0.6 is 0 Å². The van der Waals surface area contributed by atoms with E-state index in [1.54, 1.807) is 0 Å². The Kier molecular flexibility index (Phi) is 8.58. The number of aliphatic hydroxyl groups is 1. The minimum atomic E-state index is -0.361. The third-order valence-corrected chi connectivity index (χ3v) is 4.23. The van der Waals surface area contributed by atoms with Gasteiger partial charge in [-0.1, -0.05) is 32.0 Å². The fourth-order valence-corrected chi connectivity index (χ4v) is 2.47. The first kappa shape index (κ1) is 18.1. The van der Waals surface area contributed by atoms with E-state index < -0.39 is 0 Å².